The van der Waals surface area contributed by atoms with Gasteiger partial charge in [-0.3, -0.25) is 14.8 Å². The number of nitrogens with zero attached hydrogens (tertiary/aromatic N) is 2. The fourth-order valence-corrected chi connectivity index (χ4v) is 4.33. The van der Waals surface area contributed by atoms with E-state index in [4.69, 9.17) is 0 Å². The molecule has 0 fully saturated rings. The second kappa shape index (κ2) is 10.7. The Labute approximate surface area is 217 Å². The van der Waals surface area contributed by atoms with Gasteiger partial charge in [-0.2, -0.15) is 0 Å². The van der Waals surface area contributed by atoms with Gasteiger partial charge < -0.3 is 0 Å². The molecule has 38 heavy (non-hydrogen) atoms. The van der Waals surface area contributed by atoms with Gasteiger partial charge in [-0.15, -0.1) is 0 Å². The number of anilines is 1. The minimum absolute atomic E-state index is 0.0566. The zero-order chi connectivity index (χ0) is 28.4. The van der Waals surface area contributed by atoms with Crippen LogP contribution in [0, 0.1) is 35.6 Å². The quantitative estimate of drug-likeness (QED) is 0.237. The first kappa shape index (κ1) is 28.5. The van der Waals surface area contributed by atoms with Crippen LogP contribution in [0.4, 0.5) is 28.9 Å². The topological polar surface area (TPSA) is 100.0 Å². The maximum atomic E-state index is 15.4. The lowest BCUT2D eigenvalue weighted by Gasteiger charge is -2.17. The molecule has 0 aliphatic heterocycles. The van der Waals surface area contributed by atoms with Gasteiger partial charge in [-0.1, -0.05) is 26.8 Å². The average Bonchev–Trinajstić information content (AvgIpc) is 2.80. The van der Waals surface area contributed by atoms with Crippen LogP contribution < -0.4 is 10.0 Å². The molecule has 2 N–H and O–H groups in total. The molecule has 0 aliphatic rings. The average molecular weight is 549 g/mol. The summed E-state index contributed by atoms with van der Waals surface area (Å²) in [5.41, 5.74) is -1.05. The maximum absolute atomic E-state index is 15.4. The third-order valence-corrected chi connectivity index (χ3v) is 6.59. The highest BCUT2D eigenvalue weighted by Gasteiger charge is 2.24. The molecule has 0 unspecified atom stereocenters. The summed E-state index contributed by atoms with van der Waals surface area (Å²) in [6, 6.07) is 7.51. The molecule has 0 saturated heterocycles. The molecular weight excluding hydrogens is 524 g/mol. The highest BCUT2D eigenvalue weighted by molar-refractivity contribution is 7.92. The van der Waals surface area contributed by atoms with Crippen molar-refractivity contribution in [3.8, 4) is 11.1 Å². The lowest BCUT2D eigenvalue weighted by atomic mass is 9.96. The number of carbonyl (C=O) groups is 1. The van der Waals surface area contributed by atoms with Gasteiger partial charge in [-0.05, 0) is 61.2 Å². The number of nitrogens with one attached hydrogen (secondary N) is 2. The Morgan fingerprint density at radius 2 is 1.58 bits per heavy atom. The van der Waals surface area contributed by atoms with Gasteiger partial charge in [0.05, 0.1) is 21.8 Å². The zero-order valence-electron chi connectivity index (χ0n) is 20.9. The van der Waals surface area contributed by atoms with Crippen molar-refractivity contribution in [2.24, 2.45) is 15.4 Å². The van der Waals surface area contributed by atoms with E-state index in [0.717, 1.165) is 12.1 Å². The number of sulfonamides is 1. The molecular formula is C26H24F4N4O3S. The van der Waals surface area contributed by atoms with Crippen LogP contribution in [0.15, 0.2) is 63.4 Å². The SMILES string of the molecule is C=NC(=Nc1ccc(-c2c(F)ccc(NS(=O)(=O)c3cc(F)cc(F)c3)c2F)cc1C)NC(=O)C(C)(C)C. The summed E-state index contributed by atoms with van der Waals surface area (Å²) >= 11 is 0. The van der Waals surface area contributed by atoms with E-state index in [1.807, 2.05) is 4.72 Å². The van der Waals surface area contributed by atoms with Crippen molar-refractivity contribution in [1.29, 1.82) is 0 Å². The number of halogens is 4. The summed E-state index contributed by atoms with van der Waals surface area (Å²) in [4.78, 5) is 19.4. The van der Waals surface area contributed by atoms with Gasteiger partial charge in [0.1, 0.15) is 17.5 Å². The van der Waals surface area contributed by atoms with Gasteiger partial charge >= 0.3 is 0 Å². The molecule has 0 aliphatic carbocycles. The number of amides is 1. The van der Waals surface area contributed by atoms with E-state index in [2.05, 4.69) is 22.0 Å². The van der Waals surface area contributed by atoms with E-state index in [9.17, 15) is 26.4 Å². The fourth-order valence-electron chi connectivity index (χ4n) is 3.23. The second-order valence-electron chi connectivity index (χ2n) is 9.29. The number of hydrogen-bond donors (Lipinski definition) is 2. The lowest BCUT2D eigenvalue weighted by molar-refractivity contribution is -0.126. The molecule has 3 rings (SSSR count). The molecule has 0 aromatic heterocycles. The predicted molar refractivity (Wildman–Crippen MR) is 138 cm³/mol. The van der Waals surface area contributed by atoms with Crippen LogP contribution in [0.2, 0.25) is 0 Å². The molecule has 12 heteroatoms. The standard InChI is InChI=1S/C26H24F4N4O3S/c1-14-10-15(6-8-20(14)32-25(31-5)33-24(35)26(2,3)4)22-19(29)7-9-21(23(22)30)34-38(36,37)18-12-16(27)11-17(28)13-18/h6-13,34H,5H2,1-4H3,(H,32,33,35). The zero-order valence-corrected chi connectivity index (χ0v) is 21.7. The van der Waals surface area contributed by atoms with Crippen LogP contribution in [0.1, 0.15) is 26.3 Å². The van der Waals surface area contributed by atoms with Crippen LogP contribution >= 0.6 is 0 Å². The van der Waals surface area contributed by atoms with Crippen LogP contribution in [-0.4, -0.2) is 27.0 Å². The number of benzene rings is 3. The number of rotatable bonds is 5. The first-order valence-corrected chi connectivity index (χ1v) is 12.6. The minimum atomic E-state index is -4.61. The molecule has 0 atom stereocenters. The maximum Gasteiger partial charge on any atom is 0.262 e. The normalized spacial score (nSPS) is 12.3. The van der Waals surface area contributed by atoms with Gasteiger partial charge in [0.25, 0.3) is 10.0 Å². The van der Waals surface area contributed by atoms with Crippen molar-refractivity contribution in [3.63, 3.8) is 0 Å². The van der Waals surface area contributed by atoms with Crippen molar-refractivity contribution in [2.45, 2.75) is 32.6 Å². The monoisotopic (exact) mass is 548 g/mol. The molecule has 0 spiro atoms. The number of carbonyl (C=O) groups excluding carboxylic acids is 1. The Balaban J connectivity index is 1.98. The first-order valence-electron chi connectivity index (χ1n) is 11.1. The van der Waals surface area contributed by atoms with Gasteiger partial charge in [-0.25, -0.2) is 36.0 Å². The predicted octanol–water partition coefficient (Wildman–Crippen LogP) is 5.87. The Morgan fingerprint density at radius 1 is 0.947 bits per heavy atom. The van der Waals surface area contributed by atoms with Crippen LogP contribution in [0.25, 0.3) is 11.1 Å². The minimum Gasteiger partial charge on any atom is -0.294 e. The Hall–Kier alpha value is -4.06. The van der Waals surface area contributed by atoms with Crippen molar-refractivity contribution < 1.29 is 30.8 Å². The number of guanidine groups is 1. The molecule has 0 bridgehead atoms. The van der Waals surface area contributed by atoms with Gasteiger partial charge in [0.2, 0.25) is 11.9 Å². The van der Waals surface area contributed by atoms with Crippen LogP contribution in [0.5, 0.6) is 0 Å². The van der Waals surface area contributed by atoms with E-state index in [0.29, 0.717) is 29.4 Å². The van der Waals surface area contributed by atoms with Crippen LogP contribution in [-0.2, 0) is 14.8 Å². The van der Waals surface area contributed by atoms with Crippen molar-refractivity contribution in [2.75, 3.05) is 4.72 Å². The fraction of sp³-hybridized carbons (Fsp3) is 0.192. The van der Waals surface area contributed by atoms with E-state index in [1.54, 1.807) is 27.7 Å². The molecule has 0 heterocycles. The van der Waals surface area contributed by atoms with Crippen molar-refractivity contribution in [3.05, 3.63) is 77.4 Å². The summed E-state index contributed by atoms with van der Waals surface area (Å²) in [5, 5.41) is 2.55. The highest BCUT2D eigenvalue weighted by Crippen LogP contribution is 2.34. The second-order valence-corrected chi connectivity index (χ2v) is 11.0. The van der Waals surface area contributed by atoms with Crippen molar-refractivity contribution >= 4 is 40.0 Å². The summed E-state index contributed by atoms with van der Waals surface area (Å²) in [6.07, 6.45) is 0. The molecule has 3 aromatic carbocycles. The highest BCUT2D eigenvalue weighted by atomic mass is 32.2. The van der Waals surface area contributed by atoms with Crippen molar-refractivity contribution in [1.82, 2.24) is 5.32 Å². The smallest absolute Gasteiger partial charge is 0.262 e. The third-order valence-electron chi connectivity index (χ3n) is 5.25. The Bertz CT molecular complexity index is 1550. The number of aliphatic imine (C=N–C) groups is 2. The molecule has 200 valence electrons. The summed E-state index contributed by atoms with van der Waals surface area (Å²) in [6.45, 7) is 10.1. The molecule has 7 nitrogen and oxygen atoms in total. The summed E-state index contributed by atoms with van der Waals surface area (Å²) < 4.78 is 84.2. The largest absolute Gasteiger partial charge is 0.294 e. The van der Waals surface area contributed by atoms with Crippen LogP contribution in [0.3, 0.4) is 0 Å². The Morgan fingerprint density at radius 3 is 2.13 bits per heavy atom. The molecule has 0 radical (unpaired) electrons. The Kier molecular flexibility index (Phi) is 8.06. The summed E-state index contributed by atoms with van der Waals surface area (Å²) in [7, 11) is -4.61. The third kappa shape index (κ3) is 6.43. The first-order chi connectivity index (χ1) is 17.6. The van der Waals surface area contributed by atoms with E-state index in [-0.39, 0.29) is 17.4 Å². The number of hydrogen-bond acceptors (Lipinski definition) is 4. The lowest BCUT2D eigenvalue weighted by Crippen LogP contribution is -2.38. The molecule has 3 aromatic rings. The molecule has 1 amide bonds. The number of aryl methyl sites for hydroxylation is 1. The van der Waals surface area contributed by atoms with E-state index >= 15 is 4.39 Å². The molecule has 0 saturated carbocycles. The van der Waals surface area contributed by atoms with E-state index < -0.39 is 54.9 Å². The van der Waals surface area contributed by atoms with E-state index in [1.165, 1.54) is 18.2 Å². The van der Waals surface area contributed by atoms with Gasteiger partial charge in [0.15, 0.2) is 5.82 Å². The van der Waals surface area contributed by atoms with Gasteiger partial charge in [0, 0.05) is 11.5 Å². The summed E-state index contributed by atoms with van der Waals surface area (Å²) in [5.74, 6) is -4.92.